The normalized spacial score (nSPS) is 15.8. The van der Waals surface area contributed by atoms with Crippen molar-refractivity contribution in [1.29, 1.82) is 0 Å². The van der Waals surface area contributed by atoms with Crippen LogP contribution in [0.2, 0.25) is 0 Å². The standard InChI is InChI=1S/C22H16N2O4S/c25-21-19(18-7-4-12-29-18)20(22(26)24(21)15-5-2-1-3-6-15)23-14-8-9-16-17(13-14)28-11-10-27-16/h1-9,12-13,23H,10-11H2. The maximum Gasteiger partial charge on any atom is 0.282 e. The van der Waals surface area contributed by atoms with E-state index in [-0.39, 0.29) is 17.5 Å². The van der Waals surface area contributed by atoms with Crippen molar-refractivity contribution in [3.8, 4) is 11.5 Å². The van der Waals surface area contributed by atoms with Crippen LogP contribution in [0.4, 0.5) is 11.4 Å². The first-order valence-corrected chi connectivity index (χ1v) is 9.99. The van der Waals surface area contributed by atoms with Gasteiger partial charge in [0.1, 0.15) is 18.9 Å². The smallest absolute Gasteiger partial charge is 0.282 e. The van der Waals surface area contributed by atoms with Gasteiger partial charge in [-0.1, -0.05) is 24.3 Å². The summed E-state index contributed by atoms with van der Waals surface area (Å²) in [6.45, 7) is 0.977. The van der Waals surface area contributed by atoms with Gasteiger partial charge in [-0.2, -0.15) is 0 Å². The molecule has 6 nitrogen and oxygen atoms in total. The van der Waals surface area contributed by atoms with Crippen molar-refractivity contribution < 1.29 is 19.1 Å². The molecule has 7 heteroatoms. The van der Waals surface area contributed by atoms with E-state index in [4.69, 9.17) is 9.47 Å². The fourth-order valence-electron chi connectivity index (χ4n) is 3.37. The van der Waals surface area contributed by atoms with Crippen LogP contribution in [0.5, 0.6) is 11.5 Å². The average molecular weight is 404 g/mol. The van der Waals surface area contributed by atoms with E-state index in [2.05, 4.69) is 5.32 Å². The summed E-state index contributed by atoms with van der Waals surface area (Å²) in [6, 6.07) is 18.0. The molecule has 0 saturated carbocycles. The van der Waals surface area contributed by atoms with Crippen molar-refractivity contribution >= 4 is 40.1 Å². The van der Waals surface area contributed by atoms with Gasteiger partial charge in [0, 0.05) is 16.6 Å². The number of carbonyl (C=O) groups excluding carboxylic acids is 2. The van der Waals surface area contributed by atoms with Gasteiger partial charge in [-0.25, -0.2) is 4.90 Å². The van der Waals surface area contributed by atoms with Crippen LogP contribution in [0.1, 0.15) is 4.88 Å². The topological polar surface area (TPSA) is 67.9 Å². The number of hydrogen-bond acceptors (Lipinski definition) is 6. The van der Waals surface area contributed by atoms with Crippen LogP contribution in [0, 0.1) is 0 Å². The van der Waals surface area contributed by atoms with Gasteiger partial charge in [0.05, 0.1) is 11.3 Å². The Hall–Kier alpha value is -3.58. The van der Waals surface area contributed by atoms with Crippen molar-refractivity contribution in [2.24, 2.45) is 0 Å². The molecule has 0 spiro atoms. The lowest BCUT2D eigenvalue weighted by molar-refractivity contribution is -0.120. The predicted octanol–water partition coefficient (Wildman–Crippen LogP) is 3.92. The van der Waals surface area contributed by atoms with Gasteiger partial charge >= 0.3 is 0 Å². The zero-order chi connectivity index (χ0) is 19.8. The summed E-state index contributed by atoms with van der Waals surface area (Å²) in [7, 11) is 0. The Morgan fingerprint density at radius 3 is 2.41 bits per heavy atom. The molecule has 0 fully saturated rings. The molecule has 3 heterocycles. The SMILES string of the molecule is O=C1C(Nc2ccc3c(c2)OCCO3)=C(c2cccs2)C(=O)N1c1ccccc1. The van der Waals surface area contributed by atoms with E-state index in [0.29, 0.717) is 41.7 Å². The molecule has 2 amide bonds. The van der Waals surface area contributed by atoms with E-state index in [1.165, 1.54) is 16.2 Å². The van der Waals surface area contributed by atoms with Gasteiger partial charge < -0.3 is 14.8 Å². The molecule has 2 aliphatic rings. The molecule has 0 bridgehead atoms. The Bertz CT molecular complexity index is 1120. The Balaban J connectivity index is 1.56. The summed E-state index contributed by atoms with van der Waals surface area (Å²) in [4.78, 5) is 28.4. The number of fused-ring (bicyclic) bond motifs is 1. The molecule has 144 valence electrons. The highest BCUT2D eigenvalue weighted by atomic mass is 32.1. The van der Waals surface area contributed by atoms with Crippen LogP contribution < -0.4 is 19.7 Å². The molecule has 2 aliphatic heterocycles. The van der Waals surface area contributed by atoms with E-state index in [0.717, 1.165) is 4.88 Å². The van der Waals surface area contributed by atoms with Crippen molar-refractivity contribution in [3.05, 3.63) is 76.6 Å². The molecule has 0 unspecified atom stereocenters. The van der Waals surface area contributed by atoms with E-state index in [1.807, 2.05) is 23.6 Å². The summed E-state index contributed by atoms with van der Waals surface area (Å²) in [6.07, 6.45) is 0. The number of amides is 2. The Labute approximate surface area is 171 Å². The number of hydrogen-bond donors (Lipinski definition) is 1. The number of ether oxygens (including phenoxy) is 2. The number of para-hydroxylation sites is 1. The van der Waals surface area contributed by atoms with Crippen molar-refractivity contribution in [3.63, 3.8) is 0 Å². The molecular weight excluding hydrogens is 388 g/mol. The van der Waals surface area contributed by atoms with Crippen LogP contribution in [-0.4, -0.2) is 25.0 Å². The molecule has 0 radical (unpaired) electrons. The summed E-state index contributed by atoms with van der Waals surface area (Å²) in [5.74, 6) is 0.536. The third kappa shape index (κ3) is 3.05. The fourth-order valence-corrected chi connectivity index (χ4v) is 4.14. The van der Waals surface area contributed by atoms with Crippen LogP contribution in [0.25, 0.3) is 5.57 Å². The number of thiophene rings is 1. The lowest BCUT2D eigenvalue weighted by atomic mass is 10.1. The van der Waals surface area contributed by atoms with Crippen LogP contribution in [0.3, 0.4) is 0 Å². The average Bonchev–Trinajstić information content (AvgIpc) is 3.35. The molecule has 1 N–H and O–H groups in total. The molecule has 0 saturated heterocycles. The number of rotatable bonds is 4. The van der Waals surface area contributed by atoms with Gasteiger partial charge in [0.15, 0.2) is 11.5 Å². The van der Waals surface area contributed by atoms with Gasteiger partial charge in [0.25, 0.3) is 11.8 Å². The minimum atomic E-state index is -0.389. The maximum atomic E-state index is 13.2. The van der Waals surface area contributed by atoms with Gasteiger partial charge in [-0.05, 0) is 35.7 Å². The zero-order valence-corrected chi connectivity index (χ0v) is 16.1. The summed E-state index contributed by atoms with van der Waals surface area (Å²) >= 11 is 1.42. The number of benzene rings is 2. The highest BCUT2D eigenvalue weighted by Gasteiger charge is 2.40. The number of imide groups is 1. The zero-order valence-electron chi connectivity index (χ0n) is 15.3. The highest BCUT2D eigenvalue weighted by Crippen LogP contribution is 2.37. The fraction of sp³-hybridized carbons (Fsp3) is 0.0909. The summed E-state index contributed by atoms with van der Waals surface area (Å²) < 4.78 is 11.2. The van der Waals surface area contributed by atoms with E-state index >= 15 is 0 Å². The summed E-state index contributed by atoms with van der Waals surface area (Å²) in [5.41, 5.74) is 1.80. The molecule has 5 rings (SSSR count). The largest absolute Gasteiger partial charge is 0.486 e. The maximum absolute atomic E-state index is 13.2. The molecule has 2 aromatic carbocycles. The number of nitrogens with zero attached hydrogens (tertiary/aromatic N) is 1. The molecule has 0 atom stereocenters. The first-order chi connectivity index (χ1) is 14.2. The number of nitrogens with one attached hydrogen (secondary N) is 1. The van der Waals surface area contributed by atoms with E-state index in [9.17, 15) is 9.59 Å². The first-order valence-electron chi connectivity index (χ1n) is 9.11. The third-order valence-electron chi connectivity index (χ3n) is 4.68. The van der Waals surface area contributed by atoms with Gasteiger partial charge in [0.2, 0.25) is 0 Å². The van der Waals surface area contributed by atoms with E-state index < -0.39 is 0 Å². The number of carbonyl (C=O) groups is 2. The van der Waals surface area contributed by atoms with Crippen molar-refractivity contribution in [2.75, 3.05) is 23.4 Å². The van der Waals surface area contributed by atoms with Crippen molar-refractivity contribution in [1.82, 2.24) is 0 Å². The number of anilines is 2. The van der Waals surface area contributed by atoms with Gasteiger partial charge in [-0.15, -0.1) is 11.3 Å². The third-order valence-corrected chi connectivity index (χ3v) is 5.56. The van der Waals surface area contributed by atoms with Crippen LogP contribution >= 0.6 is 11.3 Å². The molecule has 0 aliphatic carbocycles. The monoisotopic (exact) mass is 404 g/mol. The van der Waals surface area contributed by atoms with Gasteiger partial charge in [-0.3, -0.25) is 9.59 Å². The van der Waals surface area contributed by atoms with Crippen LogP contribution in [-0.2, 0) is 9.59 Å². The second-order valence-corrected chi connectivity index (χ2v) is 7.44. The lowest BCUT2D eigenvalue weighted by Gasteiger charge is -2.19. The lowest BCUT2D eigenvalue weighted by Crippen LogP contribution is -2.32. The minimum absolute atomic E-state index is 0.248. The summed E-state index contributed by atoms with van der Waals surface area (Å²) in [5, 5.41) is 5.03. The molecule has 29 heavy (non-hydrogen) atoms. The Morgan fingerprint density at radius 1 is 0.862 bits per heavy atom. The Kier molecular flexibility index (Phi) is 4.29. The predicted molar refractivity (Wildman–Crippen MR) is 111 cm³/mol. The Morgan fingerprint density at radius 2 is 1.66 bits per heavy atom. The van der Waals surface area contributed by atoms with E-state index in [1.54, 1.807) is 42.5 Å². The quantitative estimate of drug-likeness (QED) is 0.668. The second kappa shape index (κ2) is 7.10. The second-order valence-electron chi connectivity index (χ2n) is 6.49. The van der Waals surface area contributed by atoms with Crippen LogP contribution in [0.15, 0.2) is 71.7 Å². The minimum Gasteiger partial charge on any atom is -0.486 e. The molecule has 1 aromatic heterocycles. The highest BCUT2D eigenvalue weighted by molar-refractivity contribution is 7.11. The molecular formula is C22H16N2O4S. The van der Waals surface area contributed by atoms with Crippen molar-refractivity contribution in [2.45, 2.75) is 0 Å². The molecule has 3 aromatic rings. The first kappa shape index (κ1) is 17.5.